The van der Waals surface area contributed by atoms with Crippen LogP contribution in [0.4, 0.5) is 0 Å². The quantitative estimate of drug-likeness (QED) is 0.489. The number of rotatable bonds is 5. The lowest BCUT2D eigenvalue weighted by atomic mass is 9.52. The topological polar surface area (TPSA) is 118 Å². The van der Waals surface area contributed by atoms with Crippen LogP contribution in [0.15, 0.2) is 35.8 Å². The van der Waals surface area contributed by atoms with Crippen molar-refractivity contribution in [1.29, 1.82) is 0 Å². The van der Waals surface area contributed by atoms with E-state index in [1.807, 2.05) is 12.2 Å². The summed E-state index contributed by atoms with van der Waals surface area (Å²) in [6.45, 7) is 1.59. The number of carbonyl (C=O) groups excluding carboxylic acids is 2. The number of methoxy groups -OCH3 is 4. The number of likely N-dealkylation sites (N-methyl/N-ethyl adjacent to an activating group) is 2. The summed E-state index contributed by atoms with van der Waals surface area (Å²) < 4.78 is 23.3. The van der Waals surface area contributed by atoms with E-state index in [-0.39, 0.29) is 59.8 Å². The van der Waals surface area contributed by atoms with Crippen LogP contribution in [-0.2, 0) is 42.7 Å². The molecule has 0 aromatic heterocycles. The second-order valence-electron chi connectivity index (χ2n) is 14.7. The molecule has 48 heavy (non-hydrogen) atoms. The zero-order valence-corrected chi connectivity index (χ0v) is 28.5. The molecule has 2 aromatic carbocycles. The maximum atomic E-state index is 13.5. The van der Waals surface area contributed by atoms with Gasteiger partial charge < -0.3 is 39.0 Å². The van der Waals surface area contributed by atoms with Crippen molar-refractivity contribution in [2.75, 3.05) is 55.6 Å². The predicted molar refractivity (Wildman–Crippen MR) is 178 cm³/mol. The van der Waals surface area contributed by atoms with Crippen molar-refractivity contribution in [3.8, 4) is 34.1 Å². The highest BCUT2D eigenvalue weighted by Gasteiger charge is 2.59. The number of Topliss-reactive ketones (excluding diaryl/α,β-unsaturated/α-hetero) is 2. The highest BCUT2D eigenvalue weighted by Crippen LogP contribution is 2.63. The first-order valence-electron chi connectivity index (χ1n) is 16.9. The molecule has 8 rings (SSSR count). The Morgan fingerprint density at radius 3 is 1.42 bits per heavy atom. The van der Waals surface area contributed by atoms with Crippen LogP contribution in [-0.4, -0.2) is 99.3 Å². The summed E-state index contributed by atoms with van der Waals surface area (Å²) >= 11 is 0. The number of phenols is 2. The number of carbonyl (C=O) groups is 2. The van der Waals surface area contributed by atoms with E-state index in [0.29, 0.717) is 48.7 Å². The van der Waals surface area contributed by atoms with E-state index in [4.69, 9.17) is 18.9 Å². The Morgan fingerprint density at radius 1 is 0.667 bits per heavy atom. The van der Waals surface area contributed by atoms with Crippen molar-refractivity contribution in [3.05, 3.63) is 58.1 Å². The Hall–Kier alpha value is -4.02. The predicted octanol–water partition coefficient (Wildman–Crippen LogP) is 4.02. The van der Waals surface area contributed by atoms with E-state index in [1.165, 1.54) is 0 Å². The van der Waals surface area contributed by atoms with Crippen molar-refractivity contribution < 1.29 is 38.7 Å². The van der Waals surface area contributed by atoms with Crippen LogP contribution in [0.3, 0.4) is 0 Å². The van der Waals surface area contributed by atoms with Crippen molar-refractivity contribution in [2.24, 2.45) is 11.8 Å². The molecule has 6 aliphatic rings. The van der Waals surface area contributed by atoms with Gasteiger partial charge in [-0.05, 0) is 76.1 Å². The standard InChI is InChI=1S/C38H44N2O8/c1-39-9-7-37-17-27(43)29(45-3)13-21(37)23(39)11-19-33(31(47-5)15-25(41)35(19)37)34-20-12-24-22-14-30(46-4)28(44)18-38(22,8-10-40(24)2)36(20)26(42)16-32(34)48-6/h13-16,21-24,41-42H,7-12,17-18H2,1-6H3. The highest BCUT2D eigenvalue weighted by molar-refractivity contribution is 5.98. The van der Waals surface area contributed by atoms with Gasteiger partial charge in [0.15, 0.2) is 23.1 Å². The average molecular weight is 657 g/mol. The van der Waals surface area contributed by atoms with Crippen LogP contribution >= 0.6 is 0 Å². The van der Waals surface area contributed by atoms with Gasteiger partial charge in [-0.3, -0.25) is 9.59 Å². The number of ether oxygens (including phenoxy) is 4. The average Bonchev–Trinajstić information content (AvgIpc) is 3.06. The highest BCUT2D eigenvalue weighted by atomic mass is 16.5. The van der Waals surface area contributed by atoms with E-state index in [1.54, 1.807) is 40.6 Å². The lowest BCUT2D eigenvalue weighted by Crippen LogP contribution is -2.60. The van der Waals surface area contributed by atoms with Gasteiger partial charge in [0, 0.05) is 82.0 Å². The van der Waals surface area contributed by atoms with Gasteiger partial charge in [0.1, 0.15) is 23.0 Å². The van der Waals surface area contributed by atoms with Gasteiger partial charge in [0.25, 0.3) is 0 Å². The number of nitrogens with zero attached hydrogens (tertiary/aromatic N) is 2. The Kier molecular flexibility index (Phi) is 6.99. The number of ketones is 2. The van der Waals surface area contributed by atoms with E-state index >= 15 is 0 Å². The SMILES string of the molecule is COC1=CC2C3Cc4c(-c5c(OC)cc(O)c6c5CC5C7C=C(OC)C(=O)CC67CCN5C)c(OC)cc(O)c4C2(CCN3C)CC1=O. The van der Waals surface area contributed by atoms with Gasteiger partial charge in [-0.2, -0.15) is 0 Å². The van der Waals surface area contributed by atoms with Crippen molar-refractivity contribution in [1.82, 2.24) is 9.80 Å². The fourth-order valence-corrected chi connectivity index (χ4v) is 10.8. The lowest BCUT2D eigenvalue weighted by Gasteiger charge is -2.57. The molecule has 2 N–H and O–H groups in total. The van der Waals surface area contributed by atoms with Crippen LogP contribution in [0.2, 0.25) is 0 Å². The molecule has 0 radical (unpaired) electrons. The number of aromatic hydroxyl groups is 2. The lowest BCUT2D eigenvalue weighted by molar-refractivity contribution is -0.123. The Morgan fingerprint density at radius 2 is 1.06 bits per heavy atom. The minimum Gasteiger partial charge on any atom is -0.507 e. The molecule has 0 saturated carbocycles. The van der Waals surface area contributed by atoms with E-state index in [2.05, 4.69) is 23.9 Å². The second-order valence-corrected chi connectivity index (χ2v) is 14.7. The number of likely N-dealkylation sites (tertiary alicyclic amines) is 2. The molecule has 2 saturated heterocycles. The molecule has 2 aromatic rings. The largest absolute Gasteiger partial charge is 0.507 e. The molecule has 0 spiro atoms. The molecule has 4 aliphatic carbocycles. The van der Waals surface area contributed by atoms with Crippen LogP contribution in [0.25, 0.3) is 11.1 Å². The first-order chi connectivity index (χ1) is 23.0. The van der Waals surface area contributed by atoms with E-state index < -0.39 is 10.8 Å². The Balaban J connectivity index is 1.44. The molecule has 10 heteroatoms. The fraction of sp³-hybridized carbons (Fsp3) is 0.526. The summed E-state index contributed by atoms with van der Waals surface area (Å²) in [5, 5.41) is 23.8. The van der Waals surface area contributed by atoms with Gasteiger partial charge in [0.2, 0.25) is 0 Å². The zero-order valence-electron chi connectivity index (χ0n) is 28.5. The molecule has 2 heterocycles. The molecule has 2 aliphatic heterocycles. The number of hydrogen-bond acceptors (Lipinski definition) is 10. The number of hydrogen-bond donors (Lipinski definition) is 2. The van der Waals surface area contributed by atoms with Gasteiger partial charge >= 0.3 is 0 Å². The molecule has 6 unspecified atom stereocenters. The first-order valence-corrected chi connectivity index (χ1v) is 16.9. The number of piperidine rings is 2. The third-order valence-corrected chi connectivity index (χ3v) is 12.9. The van der Waals surface area contributed by atoms with Crippen LogP contribution in [0, 0.1) is 11.8 Å². The molecule has 0 amide bonds. The normalized spacial score (nSPS) is 32.2. The maximum absolute atomic E-state index is 13.5. The molecular formula is C38H44N2O8. The Labute approximate surface area is 280 Å². The number of benzene rings is 2. The maximum Gasteiger partial charge on any atom is 0.197 e. The second kappa shape index (κ2) is 10.7. The zero-order chi connectivity index (χ0) is 33.9. The van der Waals surface area contributed by atoms with Gasteiger partial charge in [-0.25, -0.2) is 0 Å². The van der Waals surface area contributed by atoms with Crippen molar-refractivity contribution in [2.45, 2.75) is 61.4 Å². The van der Waals surface area contributed by atoms with Gasteiger partial charge in [-0.1, -0.05) is 0 Å². The summed E-state index contributed by atoms with van der Waals surface area (Å²) in [5.74, 6) is 1.85. The summed E-state index contributed by atoms with van der Waals surface area (Å²) in [7, 11) is 10.5. The fourth-order valence-electron chi connectivity index (χ4n) is 10.8. The van der Waals surface area contributed by atoms with Crippen LogP contribution in [0.1, 0.15) is 47.9 Å². The summed E-state index contributed by atoms with van der Waals surface area (Å²) in [4.78, 5) is 31.8. The minimum absolute atomic E-state index is 0.0261. The van der Waals surface area contributed by atoms with E-state index in [0.717, 1.165) is 46.5 Å². The van der Waals surface area contributed by atoms with Gasteiger partial charge in [0.05, 0.1) is 28.4 Å². The third-order valence-electron chi connectivity index (χ3n) is 12.9. The third kappa shape index (κ3) is 3.93. The molecule has 2 fully saturated rings. The number of allylic oxidation sites excluding steroid dienone is 2. The van der Waals surface area contributed by atoms with Gasteiger partial charge in [-0.15, -0.1) is 0 Å². The number of fused-ring (bicyclic) bond motifs is 2. The molecule has 6 atom stereocenters. The van der Waals surface area contributed by atoms with E-state index in [9.17, 15) is 19.8 Å². The van der Waals surface area contributed by atoms with Crippen molar-refractivity contribution in [3.63, 3.8) is 0 Å². The first kappa shape index (κ1) is 31.3. The smallest absolute Gasteiger partial charge is 0.197 e. The van der Waals surface area contributed by atoms with Crippen LogP contribution in [0.5, 0.6) is 23.0 Å². The summed E-state index contributed by atoms with van der Waals surface area (Å²) in [6, 6.07) is 3.48. The Bertz CT molecular complexity index is 1700. The monoisotopic (exact) mass is 656 g/mol. The van der Waals surface area contributed by atoms with Crippen molar-refractivity contribution >= 4 is 11.6 Å². The summed E-state index contributed by atoms with van der Waals surface area (Å²) in [6.07, 6.45) is 7.07. The molecule has 10 nitrogen and oxygen atoms in total. The number of phenolic OH excluding ortho intramolecular Hbond substituents is 2. The summed E-state index contributed by atoms with van der Waals surface area (Å²) in [5.41, 5.74) is 3.86. The molecule has 4 bridgehead atoms. The minimum atomic E-state index is -0.614. The molecular weight excluding hydrogens is 612 g/mol. The molecule has 254 valence electrons. The van der Waals surface area contributed by atoms with Crippen LogP contribution < -0.4 is 9.47 Å².